The molecule has 0 amide bonds. The zero-order valence-corrected chi connectivity index (χ0v) is 9.47. The maximum Gasteiger partial charge on any atom is 0.115 e. The van der Waals surface area contributed by atoms with Crippen LogP contribution in [0.4, 0.5) is 0 Å². The van der Waals surface area contributed by atoms with Crippen LogP contribution in [0, 0.1) is 5.92 Å². The molecular weight excluding hydrogens is 202 g/mol. The Hall–Kier alpha value is -1.06. The van der Waals surface area contributed by atoms with Crippen molar-refractivity contribution in [2.24, 2.45) is 5.92 Å². The number of likely N-dealkylation sites (tertiary alicyclic amines) is 1. The van der Waals surface area contributed by atoms with Gasteiger partial charge in [-0.15, -0.1) is 0 Å². The average molecular weight is 221 g/mol. The molecule has 1 fully saturated rings. The van der Waals surface area contributed by atoms with Crippen LogP contribution in [-0.2, 0) is 6.54 Å². The molecule has 1 aliphatic heterocycles. The van der Waals surface area contributed by atoms with Crippen molar-refractivity contribution in [2.45, 2.75) is 19.4 Å². The zero-order valence-electron chi connectivity index (χ0n) is 9.47. The maximum absolute atomic E-state index is 9.19. The summed E-state index contributed by atoms with van der Waals surface area (Å²) in [5.41, 5.74) is 1.24. The highest BCUT2D eigenvalue weighted by Gasteiger charge is 2.21. The van der Waals surface area contributed by atoms with Gasteiger partial charge in [0.15, 0.2) is 0 Å². The Morgan fingerprint density at radius 2 is 2.00 bits per heavy atom. The fourth-order valence-corrected chi connectivity index (χ4v) is 2.33. The van der Waals surface area contributed by atoms with Gasteiger partial charge in [-0.05, 0) is 43.0 Å². The second kappa shape index (κ2) is 5.32. The van der Waals surface area contributed by atoms with Crippen LogP contribution in [0.3, 0.4) is 0 Å². The molecule has 1 aliphatic rings. The molecule has 0 saturated carbocycles. The number of nitrogens with zero attached hydrogens (tertiary/aromatic N) is 1. The summed E-state index contributed by atoms with van der Waals surface area (Å²) in [5, 5.41) is 18.1. The standard InChI is InChI=1S/C13H19NO2/c15-8-6-12-5-7-14(10-12)9-11-1-3-13(16)4-2-11/h1-4,12,15-16H,5-10H2. The molecule has 1 aromatic carbocycles. The van der Waals surface area contributed by atoms with E-state index in [0.29, 0.717) is 18.3 Å². The van der Waals surface area contributed by atoms with Crippen molar-refractivity contribution in [2.75, 3.05) is 19.7 Å². The number of hydrogen-bond donors (Lipinski definition) is 2. The highest BCUT2D eigenvalue weighted by Crippen LogP contribution is 2.21. The number of hydrogen-bond acceptors (Lipinski definition) is 3. The van der Waals surface area contributed by atoms with Crippen molar-refractivity contribution in [3.8, 4) is 5.75 Å². The van der Waals surface area contributed by atoms with Crippen LogP contribution in [0.1, 0.15) is 18.4 Å². The van der Waals surface area contributed by atoms with Crippen LogP contribution in [0.5, 0.6) is 5.75 Å². The van der Waals surface area contributed by atoms with Gasteiger partial charge in [-0.25, -0.2) is 0 Å². The average Bonchev–Trinajstić information content (AvgIpc) is 2.70. The Kier molecular flexibility index (Phi) is 3.80. The van der Waals surface area contributed by atoms with Crippen LogP contribution >= 0.6 is 0 Å². The van der Waals surface area contributed by atoms with E-state index in [2.05, 4.69) is 4.90 Å². The van der Waals surface area contributed by atoms with E-state index < -0.39 is 0 Å². The Morgan fingerprint density at radius 1 is 1.25 bits per heavy atom. The summed E-state index contributed by atoms with van der Waals surface area (Å²) in [5.74, 6) is 0.977. The zero-order chi connectivity index (χ0) is 11.4. The van der Waals surface area contributed by atoms with E-state index in [1.54, 1.807) is 12.1 Å². The first-order valence-corrected chi connectivity index (χ1v) is 5.89. The van der Waals surface area contributed by atoms with Crippen molar-refractivity contribution < 1.29 is 10.2 Å². The molecule has 0 aromatic heterocycles. The molecule has 0 spiro atoms. The van der Waals surface area contributed by atoms with E-state index in [1.165, 1.54) is 12.0 Å². The van der Waals surface area contributed by atoms with Gasteiger partial charge < -0.3 is 10.2 Å². The molecule has 2 N–H and O–H groups in total. The van der Waals surface area contributed by atoms with Crippen LogP contribution in [0.2, 0.25) is 0 Å². The lowest BCUT2D eigenvalue weighted by Crippen LogP contribution is -2.20. The van der Waals surface area contributed by atoms with E-state index in [4.69, 9.17) is 5.11 Å². The predicted octanol–water partition coefficient (Wildman–Crippen LogP) is 1.60. The Balaban J connectivity index is 1.84. The number of aliphatic hydroxyl groups is 1. The minimum Gasteiger partial charge on any atom is -0.508 e. The Labute approximate surface area is 96.3 Å². The molecule has 1 saturated heterocycles. The molecule has 1 unspecified atom stereocenters. The highest BCUT2D eigenvalue weighted by atomic mass is 16.3. The lowest BCUT2D eigenvalue weighted by atomic mass is 10.1. The Morgan fingerprint density at radius 3 is 2.69 bits per heavy atom. The molecule has 0 aliphatic carbocycles. The number of aliphatic hydroxyl groups excluding tert-OH is 1. The smallest absolute Gasteiger partial charge is 0.115 e. The highest BCUT2D eigenvalue weighted by molar-refractivity contribution is 5.25. The second-order valence-electron chi connectivity index (χ2n) is 4.57. The number of rotatable bonds is 4. The topological polar surface area (TPSA) is 43.7 Å². The molecule has 1 atom stereocenters. The van der Waals surface area contributed by atoms with Crippen molar-refractivity contribution in [3.05, 3.63) is 29.8 Å². The van der Waals surface area contributed by atoms with E-state index >= 15 is 0 Å². The van der Waals surface area contributed by atoms with E-state index in [9.17, 15) is 5.11 Å². The van der Waals surface area contributed by atoms with Crippen LogP contribution in [0.25, 0.3) is 0 Å². The lowest BCUT2D eigenvalue weighted by Gasteiger charge is -2.15. The van der Waals surface area contributed by atoms with E-state index in [0.717, 1.165) is 26.1 Å². The SMILES string of the molecule is OCCC1CCN(Cc2ccc(O)cc2)C1. The van der Waals surface area contributed by atoms with Crippen LogP contribution < -0.4 is 0 Å². The summed E-state index contributed by atoms with van der Waals surface area (Å²) >= 11 is 0. The molecule has 1 heterocycles. The third-order valence-electron chi connectivity index (χ3n) is 3.25. The third kappa shape index (κ3) is 2.97. The monoisotopic (exact) mass is 221 g/mol. The van der Waals surface area contributed by atoms with Gasteiger partial charge in [-0.3, -0.25) is 4.90 Å². The fraction of sp³-hybridized carbons (Fsp3) is 0.538. The number of benzene rings is 1. The number of phenols is 1. The van der Waals surface area contributed by atoms with Gasteiger partial charge in [0.1, 0.15) is 5.75 Å². The quantitative estimate of drug-likeness (QED) is 0.811. The number of phenolic OH excluding ortho intramolecular Hbond substituents is 1. The molecule has 16 heavy (non-hydrogen) atoms. The molecule has 1 aromatic rings. The molecule has 3 nitrogen and oxygen atoms in total. The molecule has 88 valence electrons. The largest absolute Gasteiger partial charge is 0.508 e. The van der Waals surface area contributed by atoms with E-state index in [-0.39, 0.29) is 0 Å². The molecule has 0 radical (unpaired) electrons. The van der Waals surface area contributed by atoms with Gasteiger partial charge in [0, 0.05) is 19.7 Å². The fourth-order valence-electron chi connectivity index (χ4n) is 2.33. The molecule has 0 bridgehead atoms. The minimum absolute atomic E-state index is 0.303. The third-order valence-corrected chi connectivity index (χ3v) is 3.25. The van der Waals surface area contributed by atoms with Crippen molar-refractivity contribution >= 4 is 0 Å². The summed E-state index contributed by atoms with van der Waals surface area (Å²) in [6.45, 7) is 3.45. The van der Waals surface area contributed by atoms with Crippen molar-refractivity contribution in [1.29, 1.82) is 0 Å². The first-order valence-electron chi connectivity index (χ1n) is 5.89. The molecular formula is C13H19NO2. The van der Waals surface area contributed by atoms with Gasteiger partial charge in [-0.1, -0.05) is 12.1 Å². The first kappa shape index (κ1) is 11.4. The van der Waals surface area contributed by atoms with Gasteiger partial charge in [0.05, 0.1) is 0 Å². The summed E-state index contributed by atoms with van der Waals surface area (Å²) in [4.78, 5) is 2.41. The van der Waals surface area contributed by atoms with E-state index in [1.807, 2.05) is 12.1 Å². The molecule has 3 heteroatoms. The number of aromatic hydroxyl groups is 1. The Bertz CT molecular complexity index is 323. The maximum atomic E-state index is 9.19. The van der Waals surface area contributed by atoms with Gasteiger partial charge in [0.25, 0.3) is 0 Å². The van der Waals surface area contributed by atoms with Crippen LogP contribution in [-0.4, -0.2) is 34.8 Å². The second-order valence-corrected chi connectivity index (χ2v) is 4.57. The first-order chi connectivity index (χ1) is 7.78. The summed E-state index contributed by atoms with van der Waals surface area (Å²) < 4.78 is 0. The normalized spacial score (nSPS) is 21.4. The lowest BCUT2D eigenvalue weighted by molar-refractivity contribution is 0.249. The molecule has 2 rings (SSSR count). The predicted molar refractivity (Wildman–Crippen MR) is 63.2 cm³/mol. The summed E-state index contributed by atoms with van der Waals surface area (Å²) in [6, 6.07) is 7.40. The van der Waals surface area contributed by atoms with Crippen molar-refractivity contribution in [3.63, 3.8) is 0 Å². The summed E-state index contributed by atoms with van der Waals surface area (Å²) in [6.07, 6.45) is 2.12. The van der Waals surface area contributed by atoms with Gasteiger partial charge in [-0.2, -0.15) is 0 Å². The van der Waals surface area contributed by atoms with Crippen LogP contribution in [0.15, 0.2) is 24.3 Å². The van der Waals surface area contributed by atoms with Gasteiger partial charge in [0.2, 0.25) is 0 Å². The summed E-state index contributed by atoms with van der Waals surface area (Å²) in [7, 11) is 0. The van der Waals surface area contributed by atoms with Crippen molar-refractivity contribution in [1.82, 2.24) is 4.90 Å². The van der Waals surface area contributed by atoms with Gasteiger partial charge >= 0.3 is 0 Å². The minimum atomic E-state index is 0.303.